The molecule has 0 saturated carbocycles. The van der Waals surface area contributed by atoms with E-state index in [-0.39, 0.29) is 5.92 Å². The molecule has 0 bridgehead atoms. The lowest BCUT2D eigenvalue weighted by Crippen LogP contribution is -2.38. The van der Waals surface area contributed by atoms with E-state index in [0.717, 1.165) is 18.5 Å². The first-order valence-corrected chi connectivity index (χ1v) is 8.85. The smallest absolute Gasteiger partial charge is 0.211 e. The molecule has 1 aliphatic heterocycles. The highest BCUT2D eigenvalue weighted by molar-refractivity contribution is 7.88. The predicted octanol–water partition coefficient (Wildman–Crippen LogP) is 0.674. The van der Waals surface area contributed by atoms with Gasteiger partial charge in [0.05, 0.1) is 31.0 Å². The Balaban J connectivity index is 1.98. The van der Waals surface area contributed by atoms with Crippen LogP contribution in [0.15, 0.2) is 12.4 Å². The van der Waals surface area contributed by atoms with E-state index in [1.165, 1.54) is 10.6 Å². The van der Waals surface area contributed by atoms with Crippen LogP contribution in [-0.4, -0.2) is 62.3 Å². The standard InChI is InChI=1S/C13H22N4O3S/c1-20-7-5-14-13-9-15-12(8-16-13)11-4-3-6-17(10-11)21(2,18)19/h8-9,11H,3-7,10H2,1-2H3,(H,14,16)/t11-/m0/s1. The van der Waals surface area contributed by atoms with Gasteiger partial charge in [-0.05, 0) is 12.8 Å². The van der Waals surface area contributed by atoms with Crippen LogP contribution in [0, 0.1) is 0 Å². The van der Waals surface area contributed by atoms with E-state index in [0.29, 0.717) is 32.1 Å². The van der Waals surface area contributed by atoms with Crippen LogP contribution in [0.4, 0.5) is 5.82 Å². The van der Waals surface area contributed by atoms with Crippen LogP contribution in [0.1, 0.15) is 24.5 Å². The molecule has 1 aromatic rings. The monoisotopic (exact) mass is 314 g/mol. The summed E-state index contributed by atoms with van der Waals surface area (Å²) >= 11 is 0. The second-order valence-corrected chi connectivity index (χ2v) is 7.19. The summed E-state index contributed by atoms with van der Waals surface area (Å²) < 4.78 is 29.7. The van der Waals surface area contributed by atoms with Crippen molar-refractivity contribution in [2.75, 3.05) is 44.9 Å². The first kappa shape index (κ1) is 16.1. The lowest BCUT2D eigenvalue weighted by atomic mass is 9.96. The summed E-state index contributed by atoms with van der Waals surface area (Å²) in [5.41, 5.74) is 0.848. The number of aromatic nitrogens is 2. The topological polar surface area (TPSA) is 84.4 Å². The maximum Gasteiger partial charge on any atom is 0.211 e. The van der Waals surface area contributed by atoms with Gasteiger partial charge in [-0.1, -0.05) is 0 Å². The van der Waals surface area contributed by atoms with E-state index >= 15 is 0 Å². The number of hydrogen-bond acceptors (Lipinski definition) is 6. The number of sulfonamides is 1. The molecule has 7 nitrogen and oxygen atoms in total. The third-order valence-electron chi connectivity index (χ3n) is 3.56. The molecule has 2 heterocycles. The van der Waals surface area contributed by atoms with E-state index in [9.17, 15) is 8.42 Å². The number of rotatable bonds is 6. The van der Waals surface area contributed by atoms with Gasteiger partial charge in [0.2, 0.25) is 10.0 Å². The van der Waals surface area contributed by atoms with Crippen LogP contribution in [-0.2, 0) is 14.8 Å². The minimum absolute atomic E-state index is 0.119. The average molecular weight is 314 g/mol. The third-order valence-corrected chi connectivity index (χ3v) is 4.83. The molecule has 1 N–H and O–H groups in total. The van der Waals surface area contributed by atoms with Crippen molar-refractivity contribution in [2.24, 2.45) is 0 Å². The van der Waals surface area contributed by atoms with Crippen LogP contribution in [0.3, 0.4) is 0 Å². The van der Waals surface area contributed by atoms with Crippen molar-refractivity contribution >= 4 is 15.8 Å². The molecule has 1 aromatic heterocycles. The molecule has 1 atom stereocenters. The van der Waals surface area contributed by atoms with Gasteiger partial charge in [-0.2, -0.15) is 0 Å². The minimum Gasteiger partial charge on any atom is -0.383 e. The summed E-state index contributed by atoms with van der Waals surface area (Å²) in [6, 6.07) is 0. The summed E-state index contributed by atoms with van der Waals surface area (Å²) in [5, 5.41) is 3.10. The second-order valence-electron chi connectivity index (χ2n) is 5.21. The van der Waals surface area contributed by atoms with Crippen LogP contribution in [0.2, 0.25) is 0 Å². The Morgan fingerprint density at radius 2 is 2.24 bits per heavy atom. The van der Waals surface area contributed by atoms with E-state index in [1.54, 1.807) is 19.5 Å². The minimum atomic E-state index is -3.13. The molecule has 0 aromatic carbocycles. The molecular weight excluding hydrogens is 292 g/mol. The lowest BCUT2D eigenvalue weighted by molar-refractivity contribution is 0.210. The summed E-state index contributed by atoms with van der Waals surface area (Å²) in [7, 11) is -1.49. The number of ether oxygens (including phenoxy) is 1. The van der Waals surface area contributed by atoms with Gasteiger partial charge in [0.1, 0.15) is 5.82 Å². The van der Waals surface area contributed by atoms with Crippen molar-refractivity contribution in [2.45, 2.75) is 18.8 Å². The molecule has 0 aliphatic carbocycles. The van der Waals surface area contributed by atoms with Crippen molar-refractivity contribution in [3.63, 3.8) is 0 Å². The van der Waals surface area contributed by atoms with E-state index in [4.69, 9.17) is 4.74 Å². The zero-order valence-corrected chi connectivity index (χ0v) is 13.3. The Hall–Kier alpha value is -1.25. The maximum absolute atomic E-state index is 11.6. The van der Waals surface area contributed by atoms with Gasteiger partial charge in [0, 0.05) is 32.7 Å². The normalized spacial score (nSPS) is 20.4. The van der Waals surface area contributed by atoms with Crippen LogP contribution < -0.4 is 5.32 Å². The molecule has 0 spiro atoms. The van der Waals surface area contributed by atoms with Crippen molar-refractivity contribution in [1.29, 1.82) is 0 Å². The molecule has 21 heavy (non-hydrogen) atoms. The first-order valence-electron chi connectivity index (χ1n) is 7.00. The van der Waals surface area contributed by atoms with Gasteiger partial charge in [-0.15, -0.1) is 0 Å². The highest BCUT2D eigenvalue weighted by atomic mass is 32.2. The molecule has 1 aliphatic rings. The molecule has 1 fully saturated rings. The molecule has 2 rings (SSSR count). The predicted molar refractivity (Wildman–Crippen MR) is 80.8 cm³/mol. The Morgan fingerprint density at radius 1 is 1.43 bits per heavy atom. The van der Waals surface area contributed by atoms with Crippen molar-refractivity contribution in [3.05, 3.63) is 18.1 Å². The van der Waals surface area contributed by atoms with E-state index in [2.05, 4.69) is 15.3 Å². The number of nitrogens with zero attached hydrogens (tertiary/aromatic N) is 3. The summed E-state index contributed by atoms with van der Waals surface area (Å²) in [6.45, 7) is 2.37. The largest absolute Gasteiger partial charge is 0.383 e. The third kappa shape index (κ3) is 4.62. The van der Waals surface area contributed by atoms with Crippen molar-refractivity contribution in [3.8, 4) is 0 Å². The summed E-state index contributed by atoms with van der Waals surface area (Å²) in [5.74, 6) is 0.820. The van der Waals surface area contributed by atoms with Crippen molar-refractivity contribution in [1.82, 2.24) is 14.3 Å². The quantitative estimate of drug-likeness (QED) is 0.777. The van der Waals surface area contributed by atoms with Gasteiger partial charge in [0.25, 0.3) is 0 Å². The van der Waals surface area contributed by atoms with Gasteiger partial charge in [-0.3, -0.25) is 4.98 Å². The average Bonchev–Trinajstić information content (AvgIpc) is 2.47. The maximum atomic E-state index is 11.6. The number of piperidine rings is 1. The number of hydrogen-bond donors (Lipinski definition) is 1. The number of anilines is 1. The van der Waals surface area contributed by atoms with Crippen LogP contribution in [0.5, 0.6) is 0 Å². The zero-order chi connectivity index (χ0) is 15.3. The Morgan fingerprint density at radius 3 is 2.86 bits per heavy atom. The Kier molecular flexibility index (Phi) is 5.49. The molecule has 118 valence electrons. The fourth-order valence-corrected chi connectivity index (χ4v) is 3.32. The summed E-state index contributed by atoms with van der Waals surface area (Å²) in [4.78, 5) is 8.73. The second kappa shape index (κ2) is 7.15. The van der Waals surface area contributed by atoms with Crippen LogP contribution in [0.25, 0.3) is 0 Å². The SMILES string of the molecule is COCCNc1cnc([C@H]2CCCN(S(C)(=O)=O)C2)cn1. The summed E-state index contributed by atoms with van der Waals surface area (Å²) in [6.07, 6.45) is 6.46. The molecular formula is C13H22N4O3S. The fraction of sp³-hybridized carbons (Fsp3) is 0.692. The molecule has 8 heteroatoms. The fourth-order valence-electron chi connectivity index (χ4n) is 2.41. The zero-order valence-electron chi connectivity index (χ0n) is 12.4. The van der Waals surface area contributed by atoms with E-state index in [1.807, 2.05) is 0 Å². The Labute approximate surface area is 125 Å². The highest BCUT2D eigenvalue weighted by Gasteiger charge is 2.27. The first-order chi connectivity index (χ1) is 10.0. The number of nitrogens with one attached hydrogen (secondary N) is 1. The lowest BCUT2D eigenvalue weighted by Gasteiger charge is -2.30. The van der Waals surface area contributed by atoms with Gasteiger partial charge in [0.15, 0.2) is 0 Å². The van der Waals surface area contributed by atoms with Gasteiger partial charge >= 0.3 is 0 Å². The van der Waals surface area contributed by atoms with Crippen LogP contribution >= 0.6 is 0 Å². The number of methoxy groups -OCH3 is 1. The molecule has 0 radical (unpaired) electrons. The highest BCUT2D eigenvalue weighted by Crippen LogP contribution is 2.26. The van der Waals surface area contributed by atoms with Gasteiger partial charge < -0.3 is 10.1 Å². The van der Waals surface area contributed by atoms with Gasteiger partial charge in [-0.25, -0.2) is 17.7 Å². The van der Waals surface area contributed by atoms with E-state index < -0.39 is 10.0 Å². The Bertz CT molecular complexity index is 547. The molecule has 1 saturated heterocycles. The van der Waals surface area contributed by atoms with Crippen molar-refractivity contribution < 1.29 is 13.2 Å². The molecule has 0 amide bonds. The molecule has 0 unspecified atom stereocenters.